The Morgan fingerprint density at radius 2 is 1.24 bits per heavy atom. The predicted octanol–water partition coefficient (Wildman–Crippen LogP) is 4.97. The van der Waals surface area contributed by atoms with Crippen LogP contribution in [0, 0.1) is 6.92 Å². The second-order valence-corrected chi connectivity index (χ2v) is 9.52. The molecule has 4 rings (SSSR count). The van der Waals surface area contributed by atoms with Crippen molar-refractivity contribution in [3.8, 4) is 23.0 Å². The number of ether oxygens (including phenoxy) is 4. The van der Waals surface area contributed by atoms with Gasteiger partial charge in [0.05, 0.1) is 26.9 Å². The summed E-state index contributed by atoms with van der Waals surface area (Å²) in [6.07, 6.45) is 2.61. The molecule has 11 heteroatoms. The van der Waals surface area contributed by atoms with Crippen LogP contribution in [0.4, 0.5) is 5.69 Å². The van der Waals surface area contributed by atoms with E-state index in [1.54, 1.807) is 48.5 Å². The van der Waals surface area contributed by atoms with E-state index in [1.807, 2.05) is 19.1 Å². The molecule has 230 valence electrons. The molecule has 0 fully saturated rings. The molecule has 0 aromatic heterocycles. The zero-order valence-corrected chi connectivity index (χ0v) is 25.0. The number of amides is 3. The molecule has 0 aliphatic heterocycles. The van der Waals surface area contributed by atoms with Gasteiger partial charge in [-0.25, -0.2) is 4.79 Å². The van der Waals surface area contributed by atoms with Crippen LogP contribution in [0.5, 0.6) is 23.0 Å². The zero-order chi connectivity index (χ0) is 32.3. The van der Waals surface area contributed by atoms with Gasteiger partial charge in [-0.1, -0.05) is 35.9 Å². The van der Waals surface area contributed by atoms with Crippen molar-refractivity contribution in [3.05, 3.63) is 119 Å². The third kappa shape index (κ3) is 8.26. The highest BCUT2D eigenvalue weighted by Gasteiger charge is 2.19. The van der Waals surface area contributed by atoms with Crippen LogP contribution >= 0.6 is 0 Å². The number of anilines is 1. The van der Waals surface area contributed by atoms with E-state index in [9.17, 15) is 19.2 Å². The number of hydrogen-bond acceptors (Lipinski definition) is 8. The summed E-state index contributed by atoms with van der Waals surface area (Å²) in [5.74, 6) is -1.05. The summed E-state index contributed by atoms with van der Waals surface area (Å²) in [5, 5.41) is 2.77. The fourth-order valence-corrected chi connectivity index (χ4v) is 4.08. The number of carbonyl (C=O) groups is 4. The van der Waals surface area contributed by atoms with Gasteiger partial charge >= 0.3 is 5.97 Å². The van der Waals surface area contributed by atoms with E-state index in [0.29, 0.717) is 22.6 Å². The second kappa shape index (κ2) is 14.9. The van der Waals surface area contributed by atoms with Gasteiger partial charge in [0.25, 0.3) is 17.7 Å². The Morgan fingerprint density at radius 3 is 1.87 bits per heavy atom. The van der Waals surface area contributed by atoms with E-state index in [2.05, 4.69) is 16.2 Å². The molecule has 0 saturated carbocycles. The van der Waals surface area contributed by atoms with Crippen molar-refractivity contribution in [3.63, 3.8) is 0 Å². The van der Waals surface area contributed by atoms with E-state index in [0.717, 1.165) is 5.56 Å². The molecule has 0 aliphatic rings. The Labute approximate surface area is 259 Å². The number of nitrogens with one attached hydrogen (secondary N) is 3. The van der Waals surface area contributed by atoms with E-state index >= 15 is 0 Å². The molecule has 4 aromatic carbocycles. The van der Waals surface area contributed by atoms with Crippen LogP contribution in [0.2, 0.25) is 0 Å². The van der Waals surface area contributed by atoms with Gasteiger partial charge in [0.15, 0.2) is 11.5 Å². The normalized spacial score (nSPS) is 10.5. The minimum atomic E-state index is -0.687. The first-order valence-corrected chi connectivity index (χ1v) is 13.6. The van der Waals surface area contributed by atoms with Crippen molar-refractivity contribution in [1.29, 1.82) is 0 Å². The number of hydrazine groups is 1. The van der Waals surface area contributed by atoms with Gasteiger partial charge in [0.2, 0.25) is 5.75 Å². The fourth-order valence-electron chi connectivity index (χ4n) is 4.08. The second-order valence-electron chi connectivity index (χ2n) is 9.52. The van der Waals surface area contributed by atoms with Gasteiger partial charge in [-0.3, -0.25) is 25.2 Å². The Bertz CT molecular complexity index is 1710. The maximum atomic E-state index is 13.0. The smallest absolute Gasteiger partial charge is 0.343 e. The minimum absolute atomic E-state index is 0.158. The first-order chi connectivity index (χ1) is 21.7. The molecule has 0 atom stereocenters. The van der Waals surface area contributed by atoms with Gasteiger partial charge in [-0.05, 0) is 67.6 Å². The summed E-state index contributed by atoms with van der Waals surface area (Å²) in [7, 11) is 4.33. The lowest BCUT2D eigenvalue weighted by atomic mass is 10.1. The standard InChI is InChI=1S/C34H31N3O8/c1-21-9-11-23(12-10-21)32(39)35-26-16-13-24(14-17-26)33(40)37-36-30(38)18-15-22-7-5-6-8-27(22)45-34(41)25-19-28(42-2)31(44-4)29(20-25)43-3/h5-20H,1-4H3,(H,35,39)(H,36,38)(H,37,40)/b18-15+. The quantitative estimate of drug-likeness (QED) is 0.0991. The molecular weight excluding hydrogens is 578 g/mol. The first-order valence-electron chi connectivity index (χ1n) is 13.6. The summed E-state index contributed by atoms with van der Waals surface area (Å²) in [5.41, 5.74) is 7.55. The molecule has 0 unspecified atom stereocenters. The SMILES string of the molecule is COc1cc(C(=O)Oc2ccccc2/C=C/C(=O)NNC(=O)c2ccc(NC(=O)c3ccc(C)cc3)cc2)cc(OC)c1OC. The Balaban J connectivity index is 1.34. The van der Waals surface area contributed by atoms with Crippen LogP contribution in [-0.4, -0.2) is 45.0 Å². The van der Waals surface area contributed by atoms with Gasteiger partial charge in [-0.15, -0.1) is 0 Å². The summed E-state index contributed by atoms with van der Waals surface area (Å²) in [6, 6.07) is 22.9. The maximum Gasteiger partial charge on any atom is 0.343 e. The molecule has 0 radical (unpaired) electrons. The lowest BCUT2D eigenvalue weighted by Crippen LogP contribution is -2.40. The van der Waals surface area contributed by atoms with Crippen LogP contribution < -0.4 is 35.1 Å². The van der Waals surface area contributed by atoms with Gasteiger partial charge in [0, 0.05) is 28.5 Å². The lowest BCUT2D eigenvalue weighted by Gasteiger charge is -2.14. The molecule has 0 heterocycles. The Kier molecular flexibility index (Phi) is 10.5. The highest BCUT2D eigenvalue weighted by Crippen LogP contribution is 2.38. The number of rotatable bonds is 10. The van der Waals surface area contributed by atoms with Crippen molar-refractivity contribution in [2.45, 2.75) is 6.92 Å². The summed E-state index contributed by atoms with van der Waals surface area (Å²) in [6.45, 7) is 1.93. The first kappa shape index (κ1) is 31.8. The van der Waals surface area contributed by atoms with Crippen molar-refractivity contribution >= 4 is 35.5 Å². The Hall–Kier alpha value is -6.10. The van der Waals surface area contributed by atoms with E-state index in [1.165, 1.54) is 57.7 Å². The number of aryl methyl sites for hydroxylation is 1. The highest BCUT2D eigenvalue weighted by atomic mass is 16.5. The van der Waals surface area contributed by atoms with Crippen LogP contribution in [0.3, 0.4) is 0 Å². The monoisotopic (exact) mass is 609 g/mol. The van der Waals surface area contributed by atoms with Crippen LogP contribution in [-0.2, 0) is 4.79 Å². The third-order valence-electron chi connectivity index (χ3n) is 6.45. The van der Waals surface area contributed by atoms with E-state index in [4.69, 9.17) is 18.9 Å². The molecule has 0 bridgehead atoms. The Morgan fingerprint density at radius 1 is 0.644 bits per heavy atom. The summed E-state index contributed by atoms with van der Waals surface area (Å²) < 4.78 is 21.5. The molecule has 0 aliphatic carbocycles. The van der Waals surface area contributed by atoms with Gasteiger partial charge < -0.3 is 24.3 Å². The van der Waals surface area contributed by atoms with Crippen molar-refractivity contribution in [1.82, 2.24) is 10.9 Å². The molecule has 0 saturated heterocycles. The molecule has 11 nitrogen and oxygen atoms in total. The summed E-state index contributed by atoms with van der Waals surface area (Å²) in [4.78, 5) is 50.3. The van der Waals surface area contributed by atoms with E-state index < -0.39 is 17.8 Å². The van der Waals surface area contributed by atoms with Crippen molar-refractivity contribution in [2.24, 2.45) is 0 Å². The molecule has 0 spiro atoms. The minimum Gasteiger partial charge on any atom is -0.493 e. The largest absolute Gasteiger partial charge is 0.493 e. The average Bonchev–Trinajstić information content (AvgIpc) is 3.06. The molecular formula is C34H31N3O8. The lowest BCUT2D eigenvalue weighted by molar-refractivity contribution is -0.117. The third-order valence-corrected chi connectivity index (χ3v) is 6.45. The van der Waals surface area contributed by atoms with Crippen LogP contribution in [0.1, 0.15) is 42.2 Å². The van der Waals surface area contributed by atoms with Crippen LogP contribution in [0.25, 0.3) is 6.08 Å². The highest BCUT2D eigenvalue weighted by molar-refractivity contribution is 6.04. The predicted molar refractivity (Wildman–Crippen MR) is 168 cm³/mol. The number of methoxy groups -OCH3 is 3. The molecule has 45 heavy (non-hydrogen) atoms. The number of para-hydroxylation sites is 1. The van der Waals surface area contributed by atoms with E-state index in [-0.39, 0.29) is 34.3 Å². The van der Waals surface area contributed by atoms with Gasteiger partial charge in [0.1, 0.15) is 5.75 Å². The van der Waals surface area contributed by atoms with Crippen LogP contribution in [0.15, 0.2) is 91.0 Å². The average molecular weight is 610 g/mol. The number of carbonyl (C=O) groups excluding carboxylic acids is 4. The maximum absolute atomic E-state index is 13.0. The number of benzene rings is 4. The van der Waals surface area contributed by atoms with Gasteiger partial charge in [-0.2, -0.15) is 0 Å². The fraction of sp³-hybridized carbons (Fsp3) is 0.118. The molecule has 3 amide bonds. The van der Waals surface area contributed by atoms with Crippen molar-refractivity contribution < 1.29 is 38.1 Å². The zero-order valence-electron chi connectivity index (χ0n) is 25.0. The summed E-state index contributed by atoms with van der Waals surface area (Å²) >= 11 is 0. The molecule has 4 aromatic rings. The molecule has 3 N–H and O–H groups in total. The van der Waals surface area contributed by atoms with Crippen molar-refractivity contribution in [2.75, 3.05) is 26.6 Å². The number of esters is 1. The topological polar surface area (TPSA) is 141 Å². The number of hydrogen-bond donors (Lipinski definition) is 3.